The Labute approximate surface area is 245 Å². The third-order valence-electron chi connectivity index (χ3n) is 8.30. The van der Waals surface area contributed by atoms with Crippen LogP contribution in [0.25, 0.3) is 21.8 Å². The van der Waals surface area contributed by atoms with Crippen LogP contribution in [0.15, 0.2) is 54.7 Å². The number of benzene rings is 2. The first kappa shape index (κ1) is 28.9. The van der Waals surface area contributed by atoms with Gasteiger partial charge in [0, 0.05) is 72.9 Å². The molecule has 0 aliphatic carbocycles. The van der Waals surface area contributed by atoms with Crippen molar-refractivity contribution in [3.63, 3.8) is 0 Å². The first-order chi connectivity index (χ1) is 20.3. The molecule has 5 rings (SSSR count). The van der Waals surface area contributed by atoms with Crippen molar-refractivity contribution < 1.29 is 9.59 Å². The molecular formula is C32H40N8O2. The quantitative estimate of drug-likeness (QED) is 0.0863. The average Bonchev–Trinajstić information content (AvgIpc) is 3.56. The molecule has 8 N–H and O–H groups in total. The fourth-order valence-electron chi connectivity index (χ4n) is 5.97. The Balaban J connectivity index is 1.29. The molecule has 1 fully saturated rings. The number of guanidine groups is 1. The number of Topliss-reactive ketones (excluding diaryl/α,β-unsaturated/α-hetero) is 1. The molecule has 2 aromatic carbocycles. The van der Waals surface area contributed by atoms with Gasteiger partial charge in [-0.3, -0.25) is 20.4 Å². The van der Waals surface area contributed by atoms with Crippen LogP contribution in [0.2, 0.25) is 0 Å². The summed E-state index contributed by atoms with van der Waals surface area (Å²) in [5, 5.41) is 20.3. The molecule has 10 nitrogen and oxygen atoms in total. The number of amides is 1. The van der Waals surface area contributed by atoms with Gasteiger partial charge in [-0.05, 0) is 67.5 Å². The number of rotatable bonds is 12. The molecular weight excluding hydrogens is 528 g/mol. The van der Waals surface area contributed by atoms with Crippen LogP contribution in [0.1, 0.15) is 53.7 Å². The van der Waals surface area contributed by atoms with Crippen molar-refractivity contribution in [3.05, 3.63) is 71.5 Å². The number of aromatic amines is 1. The van der Waals surface area contributed by atoms with E-state index in [4.69, 9.17) is 22.3 Å². The van der Waals surface area contributed by atoms with Gasteiger partial charge in [0.25, 0.3) is 5.91 Å². The van der Waals surface area contributed by atoms with E-state index in [-0.39, 0.29) is 29.4 Å². The third kappa shape index (κ3) is 6.64. The molecule has 3 heterocycles. The van der Waals surface area contributed by atoms with Gasteiger partial charge in [-0.1, -0.05) is 24.3 Å². The van der Waals surface area contributed by atoms with Crippen molar-refractivity contribution in [1.29, 1.82) is 10.8 Å². The van der Waals surface area contributed by atoms with Crippen LogP contribution >= 0.6 is 0 Å². The molecule has 1 saturated heterocycles. The average molecular weight is 569 g/mol. The molecule has 0 atom stereocenters. The lowest BCUT2D eigenvalue weighted by molar-refractivity contribution is -0.123. The second-order valence-electron chi connectivity index (χ2n) is 11.2. The zero-order valence-electron chi connectivity index (χ0n) is 23.9. The summed E-state index contributed by atoms with van der Waals surface area (Å²) in [4.78, 5) is 31.6. The van der Waals surface area contributed by atoms with Crippen molar-refractivity contribution in [3.8, 4) is 0 Å². The summed E-state index contributed by atoms with van der Waals surface area (Å²) in [6, 6.07) is 16.1. The minimum atomic E-state index is -0.132. The molecule has 4 aromatic rings. The van der Waals surface area contributed by atoms with Crippen LogP contribution in [0, 0.1) is 16.7 Å². The maximum absolute atomic E-state index is 13.4. The van der Waals surface area contributed by atoms with Crippen molar-refractivity contribution >= 4 is 45.3 Å². The topological polar surface area (TPSA) is 170 Å². The number of H-pyrrole nitrogens is 1. The highest BCUT2D eigenvalue weighted by molar-refractivity contribution is 5.99. The minimum Gasteiger partial charge on any atom is -0.388 e. The number of carbonyl (C=O) groups excluding carboxylic acids is 2. The molecule has 0 saturated carbocycles. The van der Waals surface area contributed by atoms with E-state index in [1.165, 1.54) is 0 Å². The predicted molar refractivity (Wildman–Crippen MR) is 167 cm³/mol. The highest BCUT2D eigenvalue weighted by Gasteiger charge is 2.25. The Morgan fingerprint density at radius 2 is 1.81 bits per heavy atom. The lowest BCUT2D eigenvalue weighted by atomic mass is 9.89. The number of nitrogens with zero attached hydrogens (tertiary/aromatic N) is 2. The fourth-order valence-corrected chi connectivity index (χ4v) is 5.97. The highest BCUT2D eigenvalue weighted by Crippen LogP contribution is 2.25. The molecule has 1 aliphatic rings. The molecule has 2 aromatic heterocycles. The molecule has 0 spiro atoms. The maximum Gasteiger partial charge on any atom is 0.267 e. The first-order valence-corrected chi connectivity index (χ1v) is 14.7. The second kappa shape index (κ2) is 12.9. The summed E-state index contributed by atoms with van der Waals surface area (Å²) in [7, 11) is 0. The summed E-state index contributed by atoms with van der Waals surface area (Å²) in [6.07, 6.45) is 6.56. The SMILES string of the molecule is N=C(N)CCCCn1c(C(=O)NCCc2c[nH]c3ccccc23)cc2cc(CC(=O)C3CCN(C(=N)N)CC3)ccc21. The van der Waals surface area contributed by atoms with Gasteiger partial charge in [-0.2, -0.15) is 0 Å². The standard InChI is InChI=1S/C32H40N8O2/c33-30(34)7-3-4-14-40-27-9-8-21(18-29(41)22-11-15-39(16-12-22)32(35)36)17-24(27)19-28(40)31(42)37-13-10-23-20-38-26-6-2-1-5-25(23)26/h1-2,5-6,8-9,17,19-20,22,38H,3-4,7,10-16,18H2,(H3,33,34)(H3,35,36)(H,37,42). The van der Waals surface area contributed by atoms with Gasteiger partial charge in [0.15, 0.2) is 5.96 Å². The predicted octanol–water partition coefficient (Wildman–Crippen LogP) is 3.92. The van der Waals surface area contributed by atoms with Crippen molar-refractivity contribution in [2.45, 2.75) is 51.5 Å². The van der Waals surface area contributed by atoms with E-state index in [1.54, 1.807) is 0 Å². The number of para-hydroxylation sites is 1. The molecule has 1 aliphatic heterocycles. The number of carbonyl (C=O) groups is 2. The molecule has 0 radical (unpaired) electrons. The lowest BCUT2D eigenvalue weighted by Gasteiger charge is -2.31. The van der Waals surface area contributed by atoms with Crippen molar-refractivity contribution in [2.75, 3.05) is 19.6 Å². The van der Waals surface area contributed by atoms with Gasteiger partial charge in [-0.25, -0.2) is 0 Å². The number of likely N-dealkylation sites (tertiary alicyclic amines) is 1. The summed E-state index contributed by atoms with van der Waals surface area (Å²) in [5.74, 6) is 0.281. The van der Waals surface area contributed by atoms with Gasteiger partial charge >= 0.3 is 0 Å². The zero-order valence-corrected chi connectivity index (χ0v) is 23.9. The van der Waals surface area contributed by atoms with Crippen molar-refractivity contribution in [1.82, 2.24) is 19.8 Å². The molecule has 0 unspecified atom stereocenters. The van der Waals surface area contributed by atoms with E-state index in [1.807, 2.05) is 58.1 Å². The zero-order chi connectivity index (χ0) is 29.6. The molecule has 220 valence electrons. The van der Waals surface area contributed by atoms with E-state index in [9.17, 15) is 9.59 Å². The normalized spacial score (nSPS) is 14.0. The number of hydrogen-bond donors (Lipinski definition) is 6. The smallest absolute Gasteiger partial charge is 0.267 e. The van der Waals surface area contributed by atoms with E-state index in [0.29, 0.717) is 64.0 Å². The number of nitrogens with two attached hydrogens (primary N) is 2. The lowest BCUT2D eigenvalue weighted by Crippen LogP contribution is -2.43. The Kier molecular flexibility index (Phi) is 8.90. The number of hydrogen-bond acceptors (Lipinski definition) is 4. The summed E-state index contributed by atoms with van der Waals surface area (Å²) < 4.78 is 2.04. The molecule has 10 heteroatoms. The number of nitrogens with one attached hydrogen (secondary N) is 4. The first-order valence-electron chi connectivity index (χ1n) is 14.7. The van der Waals surface area contributed by atoms with Gasteiger partial charge < -0.3 is 31.2 Å². The fraction of sp³-hybridized carbons (Fsp3) is 0.375. The maximum atomic E-state index is 13.4. The largest absolute Gasteiger partial charge is 0.388 e. The summed E-state index contributed by atoms with van der Waals surface area (Å²) in [6.45, 7) is 2.41. The van der Waals surface area contributed by atoms with Crippen LogP contribution < -0.4 is 16.8 Å². The number of unbranched alkanes of at least 4 members (excludes halogenated alkanes) is 1. The third-order valence-corrected chi connectivity index (χ3v) is 8.30. The monoisotopic (exact) mass is 568 g/mol. The van der Waals surface area contributed by atoms with E-state index < -0.39 is 0 Å². The number of fused-ring (bicyclic) bond motifs is 2. The van der Waals surface area contributed by atoms with E-state index in [2.05, 4.69) is 16.4 Å². The van der Waals surface area contributed by atoms with Crippen LogP contribution in [-0.2, 0) is 24.2 Å². The van der Waals surface area contributed by atoms with Gasteiger partial charge in [0.1, 0.15) is 11.5 Å². The Morgan fingerprint density at radius 1 is 1.02 bits per heavy atom. The number of amidine groups is 1. The van der Waals surface area contributed by atoms with E-state index >= 15 is 0 Å². The van der Waals surface area contributed by atoms with E-state index in [0.717, 1.165) is 45.8 Å². The van der Waals surface area contributed by atoms with Gasteiger partial charge in [0.2, 0.25) is 0 Å². The number of aromatic nitrogens is 2. The number of aryl methyl sites for hydroxylation is 1. The van der Waals surface area contributed by atoms with Gasteiger partial charge in [0.05, 0.1) is 5.84 Å². The Hall–Kier alpha value is -4.60. The van der Waals surface area contributed by atoms with Crippen molar-refractivity contribution in [2.24, 2.45) is 17.4 Å². The molecule has 1 amide bonds. The van der Waals surface area contributed by atoms with Crippen LogP contribution in [-0.4, -0.2) is 57.6 Å². The van der Waals surface area contributed by atoms with Crippen LogP contribution in [0.3, 0.4) is 0 Å². The second-order valence-corrected chi connectivity index (χ2v) is 11.2. The van der Waals surface area contributed by atoms with Crippen LogP contribution in [0.4, 0.5) is 0 Å². The molecule has 0 bridgehead atoms. The summed E-state index contributed by atoms with van der Waals surface area (Å²) >= 11 is 0. The Bertz CT molecular complexity index is 1610. The molecule has 42 heavy (non-hydrogen) atoms. The number of piperidine rings is 1. The highest BCUT2D eigenvalue weighted by atomic mass is 16.2. The van der Waals surface area contributed by atoms with Crippen LogP contribution in [0.5, 0.6) is 0 Å². The Morgan fingerprint density at radius 3 is 2.57 bits per heavy atom. The number of ketones is 1. The minimum absolute atomic E-state index is 0.0272. The summed E-state index contributed by atoms with van der Waals surface area (Å²) in [5.41, 5.74) is 15.9. The van der Waals surface area contributed by atoms with Gasteiger partial charge in [-0.15, -0.1) is 0 Å².